The van der Waals surface area contributed by atoms with Crippen molar-refractivity contribution >= 4 is 34.5 Å². The highest BCUT2D eigenvalue weighted by Crippen LogP contribution is 2.48. The SMILES string of the molecule is CCN(CC)C1=NC(C(=O)OC)(C(F)(F)F)N=C2Sc3cc(OC(F)(F)F)ccc3N21. The third kappa shape index (κ3) is 4.00. The summed E-state index contributed by atoms with van der Waals surface area (Å²) in [5.74, 6) is -2.50. The van der Waals surface area contributed by atoms with Crippen LogP contribution < -0.4 is 9.64 Å². The molecule has 2 aliphatic rings. The zero-order chi connectivity index (χ0) is 23.2. The fourth-order valence-corrected chi connectivity index (χ4v) is 4.11. The molecule has 0 fully saturated rings. The maximum Gasteiger partial charge on any atom is 0.573 e. The van der Waals surface area contributed by atoms with Crippen LogP contribution in [-0.2, 0) is 9.53 Å². The van der Waals surface area contributed by atoms with Crippen LogP contribution >= 0.6 is 11.8 Å². The van der Waals surface area contributed by atoms with Crippen LogP contribution in [0.15, 0.2) is 33.1 Å². The third-order valence-electron chi connectivity index (χ3n) is 4.43. The van der Waals surface area contributed by atoms with Crippen LogP contribution in [0.25, 0.3) is 0 Å². The topological polar surface area (TPSA) is 66.7 Å². The average Bonchev–Trinajstić information content (AvgIpc) is 3.03. The summed E-state index contributed by atoms with van der Waals surface area (Å²) in [6, 6.07) is 3.31. The van der Waals surface area contributed by atoms with Gasteiger partial charge in [0.25, 0.3) is 0 Å². The van der Waals surface area contributed by atoms with Gasteiger partial charge < -0.3 is 14.4 Å². The van der Waals surface area contributed by atoms with Crippen molar-refractivity contribution < 1.29 is 40.6 Å². The Morgan fingerprint density at radius 2 is 1.81 bits per heavy atom. The third-order valence-corrected chi connectivity index (χ3v) is 5.43. The van der Waals surface area contributed by atoms with Gasteiger partial charge in [0.15, 0.2) is 5.17 Å². The Kier molecular flexibility index (Phi) is 5.80. The minimum Gasteiger partial charge on any atom is -0.465 e. The van der Waals surface area contributed by atoms with Gasteiger partial charge in [0.05, 0.1) is 12.8 Å². The lowest BCUT2D eigenvalue weighted by atomic mass is 10.1. The number of alkyl halides is 6. The highest BCUT2D eigenvalue weighted by molar-refractivity contribution is 8.15. The lowest BCUT2D eigenvalue weighted by Crippen LogP contribution is -2.58. The molecule has 170 valence electrons. The molecule has 1 aromatic carbocycles. The number of hydrogen-bond acceptors (Lipinski definition) is 8. The maximum atomic E-state index is 14.0. The summed E-state index contributed by atoms with van der Waals surface area (Å²) < 4.78 is 87.9. The van der Waals surface area contributed by atoms with Gasteiger partial charge in [-0.1, -0.05) is 0 Å². The molecule has 0 bridgehead atoms. The number of carbonyl (C=O) groups excluding carboxylic acids is 1. The van der Waals surface area contributed by atoms with Crippen molar-refractivity contribution in [2.45, 2.75) is 36.9 Å². The van der Waals surface area contributed by atoms with Crippen LogP contribution in [0.3, 0.4) is 0 Å². The second kappa shape index (κ2) is 7.80. The molecule has 1 unspecified atom stereocenters. The number of anilines is 1. The first kappa shape index (κ1) is 23.0. The predicted molar refractivity (Wildman–Crippen MR) is 100 cm³/mol. The van der Waals surface area contributed by atoms with Crippen molar-refractivity contribution in [2.75, 3.05) is 25.1 Å². The van der Waals surface area contributed by atoms with Gasteiger partial charge in [-0.3, -0.25) is 4.90 Å². The van der Waals surface area contributed by atoms with Crippen molar-refractivity contribution in [1.29, 1.82) is 0 Å². The smallest absolute Gasteiger partial charge is 0.465 e. The molecule has 3 rings (SSSR count). The molecular formula is C17H16F6N4O3S. The first-order chi connectivity index (χ1) is 14.4. The van der Waals surface area contributed by atoms with Crippen LogP contribution in [0.1, 0.15) is 13.8 Å². The second-order valence-corrected chi connectivity index (χ2v) is 7.26. The Bertz CT molecular complexity index is 945. The Balaban J connectivity index is 2.18. The zero-order valence-electron chi connectivity index (χ0n) is 16.3. The van der Waals surface area contributed by atoms with Crippen molar-refractivity contribution in [3.63, 3.8) is 0 Å². The first-order valence-electron chi connectivity index (χ1n) is 8.84. The van der Waals surface area contributed by atoms with Crippen molar-refractivity contribution in [3.05, 3.63) is 18.2 Å². The zero-order valence-corrected chi connectivity index (χ0v) is 17.2. The number of guanidine groups is 1. The number of rotatable bonds is 4. The Morgan fingerprint density at radius 3 is 2.32 bits per heavy atom. The Hall–Kier alpha value is -2.64. The fraction of sp³-hybridized carbons (Fsp3) is 0.471. The van der Waals surface area contributed by atoms with E-state index in [1.807, 2.05) is 0 Å². The Morgan fingerprint density at radius 1 is 1.16 bits per heavy atom. The number of ether oxygens (including phenoxy) is 2. The Labute approximate surface area is 176 Å². The monoisotopic (exact) mass is 470 g/mol. The summed E-state index contributed by atoms with van der Waals surface area (Å²) in [5, 5.41) is -0.279. The molecule has 0 aliphatic carbocycles. The van der Waals surface area contributed by atoms with Crippen LogP contribution in [0.4, 0.5) is 32.0 Å². The summed E-state index contributed by atoms with van der Waals surface area (Å²) in [6.45, 7) is 3.83. The van der Waals surface area contributed by atoms with E-state index in [0.29, 0.717) is 11.8 Å². The molecule has 1 aromatic rings. The number of benzene rings is 1. The van der Waals surface area contributed by atoms with E-state index < -0.39 is 29.9 Å². The van der Waals surface area contributed by atoms with Gasteiger partial charge in [0.2, 0.25) is 5.96 Å². The summed E-state index contributed by atoms with van der Waals surface area (Å²) in [4.78, 5) is 22.3. The molecule has 0 saturated carbocycles. The molecule has 0 N–H and O–H groups in total. The summed E-state index contributed by atoms with van der Waals surface area (Å²) >= 11 is 0.662. The van der Waals surface area contributed by atoms with Gasteiger partial charge >= 0.3 is 24.2 Å². The molecule has 0 radical (unpaired) electrons. The van der Waals surface area contributed by atoms with Gasteiger partial charge in [-0.25, -0.2) is 14.8 Å². The molecule has 2 heterocycles. The number of methoxy groups -OCH3 is 1. The number of thioether (sulfide) groups is 1. The van der Waals surface area contributed by atoms with Gasteiger partial charge in [-0.2, -0.15) is 13.2 Å². The van der Waals surface area contributed by atoms with Crippen LogP contribution in [0, 0.1) is 0 Å². The van der Waals surface area contributed by atoms with E-state index in [2.05, 4.69) is 19.5 Å². The van der Waals surface area contributed by atoms with E-state index in [1.165, 1.54) is 15.9 Å². The van der Waals surface area contributed by atoms with Crippen LogP contribution in [-0.4, -0.2) is 60.4 Å². The van der Waals surface area contributed by atoms with Gasteiger partial charge in [-0.05, 0) is 43.8 Å². The molecule has 0 spiro atoms. The standard InChI is InChI=1S/C17H16F6N4O3S/c1-4-26(5-2)13-24-15(12(28)29-3,16(18,19)20)25-14-27(13)10-7-6-9(8-11(10)31-14)30-17(21,22)23/h6-8H,4-5H2,1-3H3. The lowest BCUT2D eigenvalue weighted by Gasteiger charge is -2.37. The maximum absolute atomic E-state index is 14.0. The number of aliphatic imine (C=N–C) groups is 2. The van der Waals surface area contributed by atoms with Gasteiger partial charge in [-0.15, -0.1) is 13.2 Å². The number of esters is 1. The minimum absolute atomic E-state index is 0.156. The lowest BCUT2D eigenvalue weighted by molar-refractivity contribution is -0.274. The largest absolute Gasteiger partial charge is 0.573 e. The number of fused-ring (bicyclic) bond motifs is 3. The number of nitrogens with zero attached hydrogens (tertiary/aromatic N) is 4. The number of amidine groups is 1. The molecule has 0 amide bonds. The van der Waals surface area contributed by atoms with Crippen molar-refractivity contribution in [3.8, 4) is 5.75 Å². The molecule has 14 heteroatoms. The molecule has 31 heavy (non-hydrogen) atoms. The number of hydrogen-bond donors (Lipinski definition) is 0. The molecule has 1 atom stereocenters. The highest BCUT2D eigenvalue weighted by Gasteiger charge is 2.66. The van der Waals surface area contributed by atoms with E-state index in [1.54, 1.807) is 13.8 Å². The van der Waals surface area contributed by atoms with Crippen LogP contribution in [0.2, 0.25) is 0 Å². The molecule has 0 aromatic heterocycles. The fourth-order valence-electron chi connectivity index (χ4n) is 3.02. The quantitative estimate of drug-likeness (QED) is 0.490. The van der Waals surface area contributed by atoms with Gasteiger partial charge in [0, 0.05) is 18.0 Å². The molecule has 0 saturated heterocycles. The van der Waals surface area contributed by atoms with E-state index in [0.717, 1.165) is 19.2 Å². The minimum atomic E-state index is -5.22. The van der Waals surface area contributed by atoms with Crippen molar-refractivity contribution in [1.82, 2.24) is 4.90 Å². The average molecular weight is 470 g/mol. The van der Waals surface area contributed by atoms with Crippen molar-refractivity contribution in [2.24, 2.45) is 9.98 Å². The van der Waals surface area contributed by atoms with Gasteiger partial charge in [0.1, 0.15) is 5.75 Å². The van der Waals surface area contributed by atoms with E-state index in [4.69, 9.17) is 0 Å². The van der Waals surface area contributed by atoms with E-state index >= 15 is 0 Å². The number of carbonyl (C=O) groups is 1. The highest BCUT2D eigenvalue weighted by atomic mass is 32.2. The molecular weight excluding hydrogens is 454 g/mol. The van der Waals surface area contributed by atoms with E-state index in [9.17, 15) is 31.1 Å². The first-order valence-corrected chi connectivity index (χ1v) is 9.66. The van der Waals surface area contributed by atoms with Crippen LogP contribution in [0.5, 0.6) is 5.75 Å². The van der Waals surface area contributed by atoms with E-state index in [-0.39, 0.29) is 34.8 Å². The number of halogens is 6. The molecule has 2 aliphatic heterocycles. The normalized spacial score (nSPS) is 20.5. The second-order valence-electron chi connectivity index (χ2n) is 6.25. The predicted octanol–water partition coefficient (Wildman–Crippen LogP) is 4.00. The molecule has 7 nitrogen and oxygen atoms in total. The summed E-state index contributed by atoms with van der Waals surface area (Å²) in [6.07, 6.45) is -10.2. The summed E-state index contributed by atoms with van der Waals surface area (Å²) in [5.41, 5.74) is -3.28. The summed E-state index contributed by atoms with van der Waals surface area (Å²) in [7, 11) is 0.784.